The highest BCUT2D eigenvalue weighted by Gasteiger charge is 2.04. The fourth-order valence-electron chi connectivity index (χ4n) is 0.628. The molecule has 0 amide bonds. The summed E-state index contributed by atoms with van der Waals surface area (Å²) in [7, 11) is 0. The van der Waals surface area contributed by atoms with Crippen LogP contribution in [0, 0.1) is 5.82 Å². The van der Waals surface area contributed by atoms with Crippen LogP contribution >= 0.6 is 15.9 Å². The molecule has 10 heavy (non-hydrogen) atoms. The molecule has 0 aliphatic rings. The van der Waals surface area contributed by atoms with Crippen LogP contribution in [0.3, 0.4) is 0 Å². The quantitative estimate of drug-likeness (QED) is 0.654. The van der Waals surface area contributed by atoms with Gasteiger partial charge < -0.3 is 0 Å². The van der Waals surface area contributed by atoms with Crippen molar-refractivity contribution >= 4 is 15.9 Å². The van der Waals surface area contributed by atoms with E-state index in [1.54, 1.807) is 0 Å². The van der Waals surface area contributed by atoms with Gasteiger partial charge >= 0.3 is 0 Å². The average Bonchev–Trinajstić information content (AvgIpc) is 1.95. The van der Waals surface area contributed by atoms with Crippen molar-refractivity contribution in [2.24, 2.45) is 0 Å². The summed E-state index contributed by atoms with van der Waals surface area (Å²) in [6, 6.07) is 0. The Bertz CT molecular complexity index is 239. The first kappa shape index (κ1) is 7.60. The van der Waals surface area contributed by atoms with Crippen molar-refractivity contribution < 1.29 is 4.39 Å². The van der Waals surface area contributed by atoms with Gasteiger partial charge in [0.15, 0.2) is 5.82 Å². The number of hydrogen-bond acceptors (Lipinski definition) is 2. The fraction of sp³-hybridized carbons (Fsp3) is 0.333. The van der Waals surface area contributed by atoms with Crippen molar-refractivity contribution in [2.75, 3.05) is 0 Å². The zero-order chi connectivity index (χ0) is 7.56. The number of rotatable bonds is 1. The van der Waals surface area contributed by atoms with Gasteiger partial charge in [0.1, 0.15) is 10.9 Å². The van der Waals surface area contributed by atoms with Crippen molar-refractivity contribution in [3.63, 3.8) is 0 Å². The van der Waals surface area contributed by atoms with E-state index in [4.69, 9.17) is 0 Å². The van der Waals surface area contributed by atoms with E-state index in [0.29, 0.717) is 12.1 Å². The van der Waals surface area contributed by atoms with E-state index >= 15 is 0 Å². The van der Waals surface area contributed by atoms with Gasteiger partial charge in [-0.3, -0.25) is 0 Å². The highest BCUT2D eigenvalue weighted by molar-refractivity contribution is 9.10. The lowest BCUT2D eigenvalue weighted by Crippen LogP contribution is -1.95. The van der Waals surface area contributed by atoms with Gasteiger partial charge in [0.25, 0.3) is 0 Å². The summed E-state index contributed by atoms with van der Waals surface area (Å²) in [6.07, 6.45) is 1.93. The zero-order valence-electron chi connectivity index (χ0n) is 5.43. The minimum atomic E-state index is -0.356. The molecule has 0 fully saturated rings. The summed E-state index contributed by atoms with van der Waals surface area (Å²) >= 11 is 2.96. The Morgan fingerprint density at radius 1 is 1.60 bits per heavy atom. The smallest absolute Gasteiger partial charge is 0.177 e. The Balaban J connectivity index is 3.14. The Hall–Kier alpha value is -0.510. The third-order valence-electron chi connectivity index (χ3n) is 1.15. The molecule has 0 saturated heterocycles. The summed E-state index contributed by atoms with van der Waals surface area (Å²) < 4.78 is 13.1. The lowest BCUT2D eigenvalue weighted by atomic mass is 10.3. The Morgan fingerprint density at radius 2 is 2.30 bits per heavy atom. The lowest BCUT2D eigenvalue weighted by molar-refractivity contribution is 0.584. The topological polar surface area (TPSA) is 25.8 Å². The molecule has 0 N–H and O–H groups in total. The predicted molar refractivity (Wildman–Crippen MR) is 39.1 cm³/mol. The minimum absolute atomic E-state index is 0.236. The Labute approximate surface area is 66.6 Å². The van der Waals surface area contributed by atoms with Crippen LogP contribution in [0.5, 0.6) is 0 Å². The number of hydrogen-bond donors (Lipinski definition) is 0. The second-order valence-corrected chi connectivity index (χ2v) is 2.53. The van der Waals surface area contributed by atoms with Gasteiger partial charge in [-0.25, -0.2) is 14.4 Å². The first-order valence-electron chi connectivity index (χ1n) is 2.90. The number of nitrogens with zero attached hydrogens (tertiary/aromatic N) is 2. The summed E-state index contributed by atoms with van der Waals surface area (Å²) in [4.78, 5) is 7.36. The van der Waals surface area contributed by atoms with Crippen LogP contribution in [0.15, 0.2) is 10.9 Å². The van der Waals surface area contributed by atoms with Crippen molar-refractivity contribution in [2.45, 2.75) is 13.3 Å². The van der Waals surface area contributed by atoms with Crippen molar-refractivity contribution in [3.8, 4) is 0 Å². The number of aromatic nitrogens is 2. The third-order valence-corrected chi connectivity index (χ3v) is 1.71. The molecule has 2 nitrogen and oxygen atoms in total. The highest BCUT2D eigenvalue weighted by Crippen LogP contribution is 2.13. The van der Waals surface area contributed by atoms with E-state index in [2.05, 4.69) is 25.9 Å². The van der Waals surface area contributed by atoms with E-state index in [0.717, 1.165) is 0 Å². The Kier molecular flexibility index (Phi) is 2.32. The predicted octanol–water partition coefficient (Wildman–Crippen LogP) is 1.94. The molecule has 0 radical (unpaired) electrons. The summed E-state index contributed by atoms with van der Waals surface area (Å²) in [5.74, 6) is -0.356. The fourth-order valence-corrected chi connectivity index (χ4v) is 0.949. The molecular formula is C6H6BrFN2. The average molecular weight is 205 g/mol. The highest BCUT2D eigenvalue weighted by atomic mass is 79.9. The van der Waals surface area contributed by atoms with E-state index in [-0.39, 0.29) is 10.4 Å². The van der Waals surface area contributed by atoms with E-state index < -0.39 is 0 Å². The lowest BCUT2D eigenvalue weighted by Gasteiger charge is -1.96. The monoisotopic (exact) mass is 204 g/mol. The molecule has 0 spiro atoms. The standard InChI is InChI=1S/C6H6BrFN2/c1-2-4-5(8)6(7)10-3-9-4/h3H,2H2,1H3. The molecule has 4 heteroatoms. The molecule has 0 aromatic carbocycles. The molecular weight excluding hydrogens is 199 g/mol. The molecule has 1 aromatic heterocycles. The molecule has 0 unspecified atom stereocenters. The first-order chi connectivity index (χ1) is 4.75. The van der Waals surface area contributed by atoms with Crippen LogP contribution in [0.25, 0.3) is 0 Å². The molecule has 0 atom stereocenters. The van der Waals surface area contributed by atoms with Crippen LogP contribution in [0.4, 0.5) is 4.39 Å². The van der Waals surface area contributed by atoms with Crippen molar-refractivity contribution in [3.05, 3.63) is 22.4 Å². The number of halogens is 2. The van der Waals surface area contributed by atoms with Gasteiger partial charge in [0, 0.05) is 0 Å². The molecule has 1 heterocycles. The molecule has 1 rings (SSSR count). The molecule has 54 valence electrons. The van der Waals surface area contributed by atoms with Crippen LogP contribution in [0.2, 0.25) is 0 Å². The summed E-state index contributed by atoms with van der Waals surface area (Å²) in [5, 5.41) is 0. The van der Waals surface area contributed by atoms with Gasteiger partial charge in [-0.2, -0.15) is 0 Å². The maximum absolute atomic E-state index is 12.8. The van der Waals surface area contributed by atoms with E-state index in [1.165, 1.54) is 6.33 Å². The molecule has 0 aliphatic heterocycles. The van der Waals surface area contributed by atoms with Gasteiger partial charge in [-0.05, 0) is 22.4 Å². The van der Waals surface area contributed by atoms with Gasteiger partial charge in [0.05, 0.1) is 5.69 Å². The largest absolute Gasteiger partial charge is 0.238 e. The van der Waals surface area contributed by atoms with Crippen molar-refractivity contribution in [1.82, 2.24) is 9.97 Å². The maximum atomic E-state index is 12.8. The number of aryl methyl sites for hydroxylation is 1. The van der Waals surface area contributed by atoms with Crippen LogP contribution in [-0.2, 0) is 6.42 Å². The van der Waals surface area contributed by atoms with E-state index in [1.807, 2.05) is 6.92 Å². The SMILES string of the molecule is CCc1ncnc(Br)c1F. The first-order valence-corrected chi connectivity index (χ1v) is 3.70. The Morgan fingerprint density at radius 3 is 2.80 bits per heavy atom. The van der Waals surface area contributed by atoms with Crippen molar-refractivity contribution in [1.29, 1.82) is 0 Å². The second kappa shape index (κ2) is 3.05. The maximum Gasteiger partial charge on any atom is 0.177 e. The zero-order valence-corrected chi connectivity index (χ0v) is 7.02. The summed E-state index contributed by atoms with van der Waals surface area (Å²) in [6.45, 7) is 1.85. The van der Waals surface area contributed by atoms with Gasteiger partial charge in [-0.15, -0.1) is 0 Å². The third kappa shape index (κ3) is 1.31. The van der Waals surface area contributed by atoms with Crippen LogP contribution in [-0.4, -0.2) is 9.97 Å². The molecule has 0 bridgehead atoms. The molecule has 0 aliphatic carbocycles. The minimum Gasteiger partial charge on any atom is -0.238 e. The second-order valence-electron chi connectivity index (χ2n) is 1.78. The summed E-state index contributed by atoms with van der Waals surface area (Å²) in [5.41, 5.74) is 0.446. The molecule has 1 aromatic rings. The van der Waals surface area contributed by atoms with Gasteiger partial charge in [0.2, 0.25) is 0 Å². The molecule has 0 saturated carbocycles. The van der Waals surface area contributed by atoms with Crippen LogP contribution < -0.4 is 0 Å². The van der Waals surface area contributed by atoms with E-state index in [9.17, 15) is 4.39 Å². The van der Waals surface area contributed by atoms with Crippen LogP contribution in [0.1, 0.15) is 12.6 Å². The van der Waals surface area contributed by atoms with Gasteiger partial charge in [-0.1, -0.05) is 6.92 Å². The normalized spacial score (nSPS) is 9.90.